The molecule has 0 aliphatic heterocycles. The molecule has 0 rings (SSSR count). The Labute approximate surface area is 164 Å². The van der Waals surface area contributed by atoms with Crippen molar-refractivity contribution in [2.24, 2.45) is 16.2 Å². The van der Waals surface area contributed by atoms with E-state index in [-0.39, 0.29) is 39.1 Å². The van der Waals surface area contributed by atoms with Gasteiger partial charge >= 0.3 is 7.32 Å². The van der Waals surface area contributed by atoms with Gasteiger partial charge < -0.3 is 42.7 Å². The predicted molar refractivity (Wildman–Crippen MR) is 98.2 cm³/mol. The molecule has 0 aromatic heterocycles. The van der Waals surface area contributed by atoms with Crippen molar-refractivity contribution in [1.82, 2.24) is 0 Å². The molecule has 28 heavy (non-hydrogen) atoms. The predicted octanol–water partition coefficient (Wildman–Crippen LogP) is 0.404. The van der Waals surface area contributed by atoms with Crippen LogP contribution in [0.4, 0.5) is 0 Å². The molecule has 0 aromatic carbocycles. The summed E-state index contributed by atoms with van der Waals surface area (Å²) < 4.78 is 16.1. The largest absolute Gasteiger partial charge is 0.639 e. The molecule has 0 spiro atoms. The first-order chi connectivity index (χ1) is 13.3. The summed E-state index contributed by atoms with van der Waals surface area (Å²) in [6.45, 7) is 3.69. The second kappa shape index (κ2) is 12.4. The van der Waals surface area contributed by atoms with Crippen molar-refractivity contribution in [3.8, 4) is 0 Å². The van der Waals surface area contributed by atoms with Crippen LogP contribution in [0.3, 0.4) is 0 Å². The van der Waals surface area contributed by atoms with Gasteiger partial charge in [-0.25, -0.2) is 0 Å². The smallest absolute Gasteiger partial charge is 0.384 e. The summed E-state index contributed by atoms with van der Waals surface area (Å²) in [4.78, 5) is 67.4. The van der Waals surface area contributed by atoms with Crippen LogP contribution in [0.25, 0.3) is 0 Å². The molecule has 0 atom stereocenters. The van der Waals surface area contributed by atoms with Gasteiger partial charge in [0, 0.05) is 0 Å². The lowest BCUT2D eigenvalue weighted by Crippen LogP contribution is -2.42. The van der Waals surface area contributed by atoms with E-state index in [2.05, 4.69) is 0 Å². The van der Waals surface area contributed by atoms with Crippen LogP contribution in [0.5, 0.6) is 0 Å². The van der Waals surface area contributed by atoms with Gasteiger partial charge in [-0.1, -0.05) is 20.8 Å². The van der Waals surface area contributed by atoms with Gasteiger partial charge in [-0.05, 0) is 19.3 Å². The maximum absolute atomic E-state index is 11.2. The highest BCUT2D eigenvalue weighted by molar-refractivity contribution is 6.36. The fraction of sp³-hybridized carbons (Fsp3) is 0.667. The molecule has 0 saturated heterocycles. The van der Waals surface area contributed by atoms with Gasteiger partial charge in [-0.2, -0.15) is 0 Å². The van der Waals surface area contributed by atoms with E-state index in [0.29, 0.717) is 37.7 Å². The molecule has 156 valence electrons. The maximum atomic E-state index is 11.2. The minimum absolute atomic E-state index is 0.163. The van der Waals surface area contributed by atoms with E-state index in [1.54, 1.807) is 20.8 Å². The molecule has 0 N–H and O–H groups in total. The van der Waals surface area contributed by atoms with Gasteiger partial charge in [-0.3, -0.25) is 0 Å². The van der Waals surface area contributed by atoms with Crippen LogP contribution in [-0.2, 0) is 42.7 Å². The van der Waals surface area contributed by atoms with Crippen molar-refractivity contribution in [3.05, 3.63) is 0 Å². The van der Waals surface area contributed by atoms with Gasteiger partial charge in [-0.15, -0.1) is 0 Å². The molecule has 0 aromatic rings. The summed E-state index contributed by atoms with van der Waals surface area (Å²) in [6, 6.07) is 0. The van der Waals surface area contributed by atoms with E-state index in [0.717, 1.165) is 0 Å². The first-order valence-electron chi connectivity index (χ1n) is 8.96. The molecule has 0 aliphatic rings. The molecule has 0 radical (unpaired) electrons. The molecule has 0 heterocycles. The van der Waals surface area contributed by atoms with Crippen molar-refractivity contribution in [3.63, 3.8) is 0 Å². The lowest BCUT2D eigenvalue weighted by molar-refractivity contribution is -0.129. The van der Waals surface area contributed by atoms with E-state index in [9.17, 15) is 28.8 Å². The third-order valence-corrected chi connectivity index (χ3v) is 4.85. The lowest BCUT2D eigenvalue weighted by atomic mass is 9.88. The Kier molecular flexibility index (Phi) is 11.5. The Bertz CT molecular complexity index is 449. The summed E-state index contributed by atoms with van der Waals surface area (Å²) in [5.74, 6) is 0. The van der Waals surface area contributed by atoms with Crippen molar-refractivity contribution in [2.45, 2.75) is 40.0 Å². The fourth-order valence-electron chi connectivity index (χ4n) is 1.91. The summed E-state index contributed by atoms with van der Waals surface area (Å²) in [6.07, 6.45) is 3.14. The molecule has 9 nitrogen and oxygen atoms in total. The Balaban J connectivity index is 5.35. The number of carbonyl (C=O) groups excluding carboxylic acids is 6. The quantitative estimate of drug-likeness (QED) is 0.183. The molecular weight excluding hydrogens is 371 g/mol. The van der Waals surface area contributed by atoms with Crippen LogP contribution in [0.1, 0.15) is 40.0 Å². The van der Waals surface area contributed by atoms with E-state index in [1.165, 1.54) is 0 Å². The van der Waals surface area contributed by atoms with E-state index >= 15 is 0 Å². The molecule has 0 bridgehead atoms. The topological polar surface area (TPSA) is 130 Å². The van der Waals surface area contributed by atoms with Gasteiger partial charge in [0.15, 0.2) is 0 Å². The number of hydrogen-bond donors (Lipinski definition) is 0. The number of aldehydes is 6. The van der Waals surface area contributed by atoms with Crippen LogP contribution in [0.2, 0.25) is 0 Å². The third-order valence-electron chi connectivity index (χ3n) is 4.85. The zero-order valence-electron chi connectivity index (χ0n) is 16.5. The van der Waals surface area contributed by atoms with Gasteiger partial charge in [0.05, 0.1) is 19.8 Å². The molecule has 10 heteroatoms. The Morgan fingerprint density at radius 1 is 0.536 bits per heavy atom. The second-order valence-corrected chi connectivity index (χ2v) is 6.69. The van der Waals surface area contributed by atoms with E-state index in [1.807, 2.05) is 0 Å². The average Bonchev–Trinajstić information content (AvgIpc) is 2.76. The minimum atomic E-state index is -1.51. The van der Waals surface area contributed by atoms with E-state index in [4.69, 9.17) is 14.0 Å². The summed E-state index contributed by atoms with van der Waals surface area (Å²) in [5, 5.41) is 0. The highest BCUT2D eigenvalue weighted by Gasteiger charge is 2.38. The SMILES string of the molecule is CCC(C=O)(C=O)COB(OCC(C=O)(C=O)CC)OCC(C=O)(C=O)CC. The Hall–Kier alpha value is -2.04. The van der Waals surface area contributed by atoms with Crippen molar-refractivity contribution >= 4 is 45.0 Å². The van der Waals surface area contributed by atoms with E-state index < -0.39 is 23.6 Å². The summed E-state index contributed by atoms with van der Waals surface area (Å²) in [7, 11) is -1.51. The Morgan fingerprint density at radius 3 is 0.893 bits per heavy atom. The highest BCUT2D eigenvalue weighted by Crippen LogP contribution is 2.21. The van der Waals surface area contributed by atoms with Crippen molar-refractivity contribution in [1.29, 1.82) is 0 Å². The standard InChI is InChI=1S/C18H27BO9/c1-4-16(7-20,8-21)13-26-19(27-14-17(5-2,9-22)10-23)28-15-18(6-3,11-24)12-25/h7-12H,4-6,13-15H2,1-3H3. The summed E-state index contributed by atoms with van der Waals surface area (Å²) in [5.41, 5.74) is -4.25. The lowest BCUT2D eigenvalue weighted by Gasteiger charge is -2.27. The number of carbonyl (C=O) groups is 6. The first kappa shape index (κ1) is 26.0. The van der Waals surface area contributed by atoms with Gasteiger partial charge in [0.1, 0.15) is 54.0 Å². The van der Waals surface area contributed by atoms with Crippen LogP contribution >= 0.6 is 0 Å². The average molecular weight is 398 g/mol. The van der Waals surface area contributed by atoms with Crippen LogP contribution in [-0.4, -0.2) is 64.9 Å². The third kappa shape index (κ3) is 6.85. The van der Waals surface area contributed by atoms with Crippen molar-refractivity contribution < 1.29 is 42.7 Å². The normalized spacial score (nSPS) is 12.1. The highest BCUT2D eigenvalue weighted by atomic mass is 16.7. The van der Waals surface area contributed by atoms with Crippen LogP contribution < -0.4 is 0 Å². The van der Waals surface area contributed by atoms with Crippen LogP contribution in [0.15, 0.2) is 0 Å². The molecule has 0 unspecified atom stereocenters. The zero-order valence-corrected chi connectivity index (χ0v) is 16.5. The molecule has 0 saturated carbocycles. The fourth-order valence-corrected chi connectivity index (χ4v) is 1.91. The molecule has 0 aliphatic carbocycles. The molecule has 0 amide bonds. The van der Waals surface area contributed by atoms with Crippen LogP contribution in [0, 0.1) is 16.2 Å². The Morgan fingerprint density at radius 2 is 0.750 bits per heavy atom. The minimum Gasteiger partial charge on any atom is -0.384 e. The second-order valence-electron chi connectivity index (χ2n) is 6.69. The number of hydrogen-bond acceptors (Lipinski definition) is 9. The molecular formula is C18H27BO9. The monoisotopic (exact) mass is 398 g/mol. The summed E-state index contributed by atoms with van der Waals surface area (Å²) >= 11 is 0. The zero-order chi connectivity index (χ0) is 21.7. The van der Waals surface area contributed by atoms with Gasteiger partial charge in [0.25, 0.3) is 0 Å². The first-order valence-corrected chi connectivity index (χ1v) is 8.96. The maximum Gasteiger partial charge on any atom is 0.639 e. The van der Waals surface area contributed by atoms with Gasteiger partial charge in [0.2, 0.25) is 0 Å². The molecule has 0 fully saturated rings. The number of rotatable bonds is 18. The van der Waals surface area contributed by atoms with Crippen molar-refractivity contribution in [2.75, 3.05) is 19.8 Å².